The largest absolute Gasteiger partial charge is 0.337 e. The molecule has 0 radical (unpaired) electrons. The van der Waals surface area contributed by atoms with Crippen LogP contribution in [0.25, 0.3) is 5.13 Å². The molecule has 0 aromatic carbocycles. The summed E-state index contributed by atoms with van der Waals surface area (Å²) in [4.78, 5) is 22.9. The van der Waals surface area contributed by atoms with Gasteiger partial charge >= 0.3 is 0 Å². The number of aryl methyl sites for hydroxylation is 1. The van der Waals surface area contributed by atoms with Crippen LogP contribution in [0, 0.1) is 13.8 Å². The quantitative estimate of drug-likeness (QED) is 0.740. The Hall–Kier alpha value is -2.47. The highest BCUT2D eigenvalue weighted by molar-refractivity contribution is 7.12. The minimum Gasteiger partial charge on any atom is -0.337 e. The third kappa shape index (κ3) is 3.03. The summed E-state index contributed by atoms with van der Waals surface area (Å²) in [5, 5.41) is 2.82. The van der Waals surface area contributed by atoms with Crippen molar-refractivity contribution in [3.63, 3.8) is 0 Å². The Kier molecular flexibility index (Phi) is 4.25. The Morgan fingerprint density at radius 3 is 2.83 bits per heavy atom. The first-order chi connectivity index (χ1) is 11.1. The predicted octanol–water partition coefficient (Wildman–Crippen LogP) is 3.22. The van der Waals surface area contributed by atoms with Crippen LogP contribution in [0.2, 0.25) is 0 Å². The van der Waals surface area contributed by atoms with Crippen molar-refractivity contribution in [2.24, 2.45) is 0 Å². The van der Waals surface area contributed by atoms with Crippen molar-refractivity contribution in [2.45, 2.75) is 20.4 Å². The normalized spacial score (nSPS) is 10.7. The van der Waals surface area contributed by atoms with Gasteiger partial charge in [-0.2, -0.15) is 0 Å². The maximum Gasteiger partial charge on any atom is 0.255 e. The maximum absolute atomic E-state index is 12.8. The summed E-state index contributed by atoms with van der Waals surface area (Å²) in [5.74, 6) is 0.00441. The van der Waals surface area contributed by atoms with Crippen molar-refractivity contribution in [3.05, 3.63) is 64.7 Å². The molecule has 3 rings (SSSR count). The number of hydrogen-bond donors (Lipinski definition) is 0. The van der Waals surface area contributed by atoms with Gasteiger partial charge in [0, 0.05) is 49.0 Å². The van der Waals surface area contributed by atoms with Crippen molar-refractivity contribution in [2.75, 3.05) is 7.05 Å². The second-order valence-corrected chi connectivity index (χ2v) is 6.33. The number of carbonyl (C=O) groups excluding carboxylic acids is 1. The van der Waals surface area contributed by atoms with Crippen LogP contribution < -0.4 is 0 Å². The fourth-order valence-corrected chi connectivity index (χ4v) is 3.39. The van der Waals surface area contributed by atoms with E-state index in [0.29, 0.717) is 12.1 Å². The molecule has 0 saturated carbocycles. The molecule has 118 valence electrons. The van der Waals surface area contributed by atoms with E-state index in [2.05, 4.69) is 9.97 Å². The fourth-order valence-electron chi connectivity index (χ4n) is 2.64. The van der Waals surface area contributed by atoms with Crippen LogP contribution in [-0.2, 0) is 6.54 Å². The molecule has 6 heteroatoms. The summed E-state index contributed by atoms with van der Waals surface area (Å²) >= 11 is 1.56. The zero-order chi connectivity index (χ0) is 16.4. The van der Waals surface area contributed by atoms with E-state index in [1.807, 2.05) is 49.0 Å². The molecule has 0 bridgehead atoms. The van der Waals surface area contributed by atoms with Crippen molar-refractivity contribution in [3.8, 4) is 5.13 Å². The number of nitrogens with zero attached hydrogens (tertiary/aromatic N) is 4. The van der Waals surface area contributed by atoms with Gasteiger partial charge in [0.15, 0.2) is 5.13 Å². The van der Waals surface area contributed by atoms with Gasteiger partial charge in [-0.1, -0.05) is 6.07 Å². The van der Waals surface area contributed by atoms with Gasteiger partial charge in [-0.05, 0) is 31.5 Å². The number of amides is 1. The van der Waals surface area contributed by atoms with Crippen molar-refractivity contribution in [1.82, 2.24) is 19.4 Å². The van der Waals surface area contributed by atoms with E-state index in [1.54, 1.807) is 34.8 Å². The Morgan fingerprint density at radius 2 is 2.17 bits per heavy atom. The Bertz CT molecular complexity index is 809. The molecule has 5 nitrogen and oxygen atoms in total. The lowest BCUT2D eigenvalue weighted by Gasteiger charge is -2.17. The number of aromatic nitrogens is 3. The van der Waals surface area contributed by atoms with Gasteiger partial charge in [-0.15, -0.1) is 11.3 Å². The molecule has 0 N–H and O–H groups in total. The molecule has 3 aromatic heterocycles. The topological polar surface area (TPSA) is 51.0 Å². The minimum absolute atomic E-state index is 0.00441. The highest BCUT2D eigenvalue weighted by Gasteiger charge is 2.20. The average Bonchev–Trinajstić information content (AvgIpc) is 3.15. The number of pyridine rings is 1. The summed E-state index contributed by atoms with van der Waals surface area (Å²) in [6.45, 7) is 4.49. The number of rotatable bonds is 4. The lowest BCUT2D eigenvalue weighted by atomic mass is 10.2. The van der Waals surface area contributed by atoms with E-state index < -0.39 is 0 Å². The molecule has 0 aliphatic carbocycles. The zero-order valence-electron chi connectivity index (χ0n) is 13.4. The summed E-state index contributed by atoms with van der Waals surface area (Å²) in [7, 11) is 1.81. The Morgan fingerprint density at radius 1 is 1.35 bits per heavy atom. The van der Waals surface area contributed by atoms with Crippen molar-refractivity contribution in [1.29, 1.82) is 0 Å². The molecule has 0 atom stereocenters. The SMILES string of the molecule is Cc1cc(C(=O)N(C)Cc2cccnc2)c(C)n1-c1nccs1. The first-order valence-electron chi connectivity index (χ1n) is 7.31. The van der Waals surface area contributed by atoms with E-state index in [-0.39, 0.29) is 5.91 Å². The van der Waals surface area contributed by atoms with Crippen LogP contribution in [0.1, 0.15) is 27.3 Å². The third-order valence-electron chi connectivity index (χ3n) is 3.76. The summed E-state index contributed by atoms with van der Waals surface area (Å²) in [6.07, 6.45) is 5.28. The van der Waals surface area contributed by atoms with E-state index >= 15 is 0 Å². The average molecular weight is 326 g/mol. The van der Waals surface area contributed by atoms with Crippen molar-refractivity contribution >= 4 is 17.2 Å². The van der Waals surface area contributed by atoms with Crippen LogP contribution in [0.5, 0.6) is 0 Å². The van der Waals surface area contributed by atoms with Gasteiger partial charge in [0.05, 0.1) is 5.56 Å². The standard InChI is InChI=1S/C17H18N4OS/c1-12-9-15(13(2)21(12)17-19-7-8-23-17)16(22)20(3)11-14-5-4-6-18-10-14/h4-10H,11H2,1-3H3. The summed E-state index contributed by atoms with van der Waals surface area (Å²) in [5.41, 5.74) is 3.65. The predicted molar refractivity (Wildman–Crippen MR) is 90.9 cm³/mol. The lowest BCUT2D eigenvalue weighted by molar-refractivity contribution is 0.0784. The highest BCUT2D eigenvalue weighted by atomic mass is 32.1. The van der Waals surface area contributed by atoms with Gasteiger partial charge in [0.25, 0.3) is 5.91 Å². The van der Waals surface area contributed by atoms with Gasteiger partial charge in [-0.3, -0.25) is 14.3 Å². The molecular weight excluding hydrogens is 308 g/mol. The van der Waals surface area contributed by atoms with E-state index in [9.17, 15) is 4.79 Å². The van der Waals surface area contributed by atoms with Crippen LogP contribution in [-0.4, -0.2) is 32.4 Å². The first kappa shape index (κ1) is 15.4. The van der Waals surface area contributed by atoms with Crippen LogP contribution in [0.4, 0.5) is 0 Å². The van der Waals surface area contributed by atoms with Crippen LogP contribution >= 0.6 is 11.3 Å². The minimum atomic E-state index is 0.00441. The molecular formula is C17H18N4OS. The molecule has 0 fully saturated rings. The molecule has 0 unspecified atom stereocenters. The highest BCUT2D eigenvalue weighted by Crippen LogP contribution is 2.23. The van der Waals surface area contributed by atoms with Gasteiger partial charge in [0.1, 0.15) is 0 Å². The third-order valence-corrected chi connectivity index (χ3v) is 4.52. The Labute approximate surface area is 139 Å². The van der Waals surface area contributed by atoms with Crippen LogP contribution in [0.15, 0.2) is 42.2 Å². The van der Waals surface area contributed by atoms with E-state index in [0.717, 1.165) is 22.1 Å². The molecule has 3 aromatic rings. The van der Waals surface area contributed by atoms with Gasteiger partial charge < -0.3 is 4.90 Å². The number of thiazole rings is 1. The zero-order valence-corrected chi connectivity index (χ0v) is 14.2. The fraction of sp³-hybridized carbons (Fsp3) is 0.235. The Balaban J connectivity index is 1.87. The number of carbonyl (C=O) groups is 1. The lowest BCUT2D eigenvalue weighted by Crippen LogP contribution is -2.26. The first-order valence-corrected chi connectivity index (χ1v) is 8.19. The summed E-state index contributed by atoms with van der Waals surface area (Å²) < 4.78 is 2.02. The van der Waals surface area contributed by atoms with Gasteiger partial charge in [-0.25, -0.2) is 4.98 Å². The molecule has 0 aliphatic rings. The summed E-state index contributed by atoms with van der Waals surface area (Å²) in [6, 6.07) is 5.77. The maximum atomic E-state index is 12.8. The van der Waals surface area contributed by atoms with Crippen molar-refractivity contribution < 1.29 is 4.79 Å². The van der Waals surface area contributed by atoms with Crippen LogP contribution in [0.3, 0.4) is 0 Å². The molecule has 3 heterocycles. The monoisotopic (exact) mass is 326 g/mol. The molecule has 0 saturated heterocycles. The van der Waals surface area contributed by atoms with E-state index in [4.69, 9.17) is 0 Å². The second kappa shape index (κ2) is 6.34. The molecule has 23 heavy (non-hydrogen) atoms. The van der Waals surface area contributed by atoms with E-state index in [1.165, 1.54) is 0 Å². The molecule has 0 spiro atoms. The second-order valence-electron chi connectivity index (χ2n) is 5.46. The number of hydrogen-bond acceptors (Lipinski definition) is 4. The molecule has 1 amide bonds. The smallest absolute Gasteiger partial charge is 0.255 e. The van der Waals surface area contributed by atoms with Gasteiger partial charge in [0.2, 0.25) is 0 Å². The molecule has 0 aliphatic heterocycles.